The van der Waals surface area contributed by atoms with E-state index in [1.54, 1.807) is 0 Å². The number of nitrogens with one attached hydrogen (secondary N) is 2. The van der Waals surface area contributed by atoms with Crippen molar-refractivity contribution < 1.29 is 8.78 Å². The summed E-state index contributed by atoms with van der Waals surface area (Å²) in [5.41, 5.74) is 4.63. The molecular formula is C18H15F2N5. The molecular weight excluding hydrogens is 324 g/mol. The number of H-pyrrole nitrogens is 1. The molecule has 0 atom stereocenters. The first-order valence-electron chi connectivity index (χ1n) is 7.79. The summed E-state index contributed by atoms with van der Waals surface area (Å²) in [7, 11) is 0. The number of nitrogens with zero attached hydrogens (tertiary/aromatic N) is 3. The second kappa shape index (κ2) is 5.47. The van der Waals surface area contributed by atoms with Crippen LogP contribution in [0.15, 0.2) is 29.3 Å². The molecule has 0 radical (unpaired) electrons. The molecule has 0 amide bonds. The number of hydrogen-bond donors (Lipinski definition) is 2. The normalized spacial score (nSPS) is 12.8. The maximum Gasteiger partial charge on any atom is 0.144 e. The average Bonchev–Trinajstić information content (AvgIpc) is 2.81. The largest absolute Gasteiger partial charge is 0.336 e. The van der Waals surface area contributed by atoms with Crippen molar-refractivity contribution in [1.29, 1.82) is 0 Å². The highest BCUT2D eigenvalue weighted by molar-refractivity contribution is 6.13. The fourth-order valence-electron chi connectivity index (χ4n) is 3.02. The molecule has 0 bridgehead atoms. The molecule has 3 heterocycles. The maximum absolute atomic E-state index is 14.3. The van der Waals surface area contributed by atoms with Gasteiger partial charge >= 0.3 is 0 Å². The smallest absolute Gasteiger partial charge is 0.144 e. The number of amidine groups is 1. The number of aliphatic imine (C=N–C) groups is 1. The van der Waals surface area contributed by atoms with Gasteiger partial charge in [-0.25, -0.2) is 13.8 Å². The molecule has 0 saturated carbocycles. The first-order chi connectivity index (χ1) is 12.0. The van der Waals surface area contributed by atoms with Crippen molar-refractivity contribution in [2.75, 3.05) is 5.32 Å². The number of anilines is 1. The van der Waals surface area contributed by atoms with Crippen LogP contribution in [-0.2, 0) is 0 Å². The lowest BCUT2D eigenvalue weighted by Gasteiger charge is -2.10. The second-order valence-corrected chi connectivity index (χ2v) is 6.00. The molecule has 3 aromatic rings. The highest BCUT2D eigenvalue weighted by atomic mass is 19.1. The Balaban J connectivity index is 2.06. The van der Waals surface area contributed by atoms with Crippen LogP contribution in [0.25, 0.3) is 11.3 Å². The van der Waals surface area contributed by atoms with Crippen LogP contribution in [0.5, 0.6) is 0 Å². The second-order valence-electron chi connectivity index (χ2n) is 6.00. The van der Waals surface area contributed by atoms with Gasteiger partial charge in [0.1, 0.15) is 23.2 Å². The number of aryl methyl sites for hydroxylation is 3. The van der Waals surface area contributed by atoms with E-state index in [0.717, 1.165) is 17.0 Å². The van der Waals surface area contributed by atoms with Crippen molar-refractivity contribution in [3.05, 3.63) is 58.5 Å². The molecule has 1 aliphatic heterocycles. The number of pyridine rings is 1. The fourth-order valence-corrected chi connectivity index (χ4v) is 3.02. The van der Waals surface area contributed by atoms with Crippen molar-refractivity contribution in [2.45, 2.75) is 20.8 Å². The van der Waals surface area contributed by atoms with Crippen molar-refractivity contribution in [2.24, 2.45) is 4.99 Å². The molecule has 0 fully saturated rings. The van der Waals surface area contributed by atoms with Crippen LogP contribution < -0.4 is 5.32 Å². The number of hydrogen-bond acceptors (Lipinski definition) is 4. The van der Waals surface area contributed by atoms with E-state index in [1.807, 2.05) is 26.8 Å². The summed E-state index contributed by atoms with van der Waals surface area (Å²) in [6, 6.07) is 5.60. The predicted molar refractivity (Wildman–Crippen MR) is 92.2 cm³/mol. The van der Waals surface area contributed by atoms with Gasteiger partial charge in [-0.3, -0.25) is 10.1 Å². The third-order valence-corrected chi connectivity index (χ3v) is 4.16. The number of benzene rings is 1. The van der Waals surface area contributed by atoms with Crippen LogP contribution >= 0.6 is 0 Å². The third-order valence-electron chi connectivity index (χ3n) is 4.16. The van der Waals surface area contributed by atoms with E-state index in [0.29, 0.717) is 22.8 Å². The van der Waals surface area contributed by atoms with E-state index in [4.69, 9.17) is 0 Å². The summed E-state index contributed by atoms with van der Waals surface area (Å²) in [4.78, 5) is 8.93. The summed E-state index contributed by atoms with van der Waals surface area (Å²) >= 11 is 0. The lowest BCUT2D eigenvalue weighted by Crippen LogP contribution is -2.17. The van der Waals surface area contributed by atoms with Crippen molar-refractivity contribution in [1.82, 2.24) is 15.2 Å². The first kappa shape index (κ1) is 15.4. The minimum Gasteiger partial charge on any atom is -0.336 e. The lowest BCUT2D eigenvalue weighted by molar-refractivity contribution is 0.579. The average molecular weight is 339 g/mol. The summed E-state index contributed by atoms with van der Waals surface area (Å²) < 4.78 is 28.6. The lowest BCUT2D eigenvalue weighted by atomic mass is 10.1. The Morgan fingerprint density at radius 2 is 1.76 bits per heavy atom. The van der Waals surface area contributed by atoms with Gasteiger partial charge in [0.25, 0.3) is 0 Å². The molecule has 0 spiro atoms. The Kier molecular flexibility index (Phi) is 3.38. The fraction of sp³-hybridized carbons (Fsp3) is 0.167. The van der Waals surface area contributed by atoms with Gasteiger partial charge in [-0.15, -0.1) is 0 Å². The zero-order chi connectivity index (χ0) is 17.7. The highest BCUT2D eigenvalue weighted by Gasteiger charge is 2.26. The molecule has 0 unspecified atom stereocenters. The Morgan fingerprint density at radius 1 is 1.04 bits per heavy atom. The summed E-state index contributed by atoms with van der Waals surface area (Å²) in [5, 5.41) is 10.3. The van der Waals surface area contributed by atoms with Crippen LogP contribution in [0, 0.1) is 32.4 Å². The number of fused-ring (bicyclic) bond motifs is 3. The molecule has 2 aromatic heterocycles. The molecule has 5 nitrogen and oxygen atoms in total. The molecule has 0 saturated heterocycles. The van der Waals surface area contributed by atoms with E-state index in [-0.39, 0.29) is 11.4 Å². The van der Waals surface area contributed by atoms with Gasteiger partial charge in [-0.2, -0.15) is 5.10 Å². The highest BCUT2D eigenvalue weighted by Crippen LogP contribution is 2.40. The predicted octanol–water partition coefficient (Wildman–Crippen LogP) is 4.18. The quantitative estimate of drug-likeness (QED) is 0.699. The molecule has 1 aliphatic rings. The Hall–Kier alpha value is -3.09. The SMILES string of the molecule is Cc1cc2c(c(C)n1)N=C(c1c(F)cccc1F)Nc1c-2n[nH]c1C. The van der Waals surface area contributed by atoms with Gasteiger partial charge in [-0.1, -0.05) is 6.07 Å². The Labute approximate surface area is 142 Å². The zero-order valence-corrected chi connectivity index (χ0v) is 13.9. The molecule has 7 heteroatoms. The molecule has 126 valence electrons. The summed E-state index contributed by atoms with van der Waals surface area (Å²) in [6.45, 7) is 5.53. The van der Waals surface area contributed by atoms with Crippen LogP contribution in [0.3, 0.4) is 0 Å². The standard InChI is InChI=1S/C18H15F2N5/c1-8-7-11-15(9(2)21-8)22-18(14-12(19)5-4-6-13(14)20)23-16-10(3)24-25-17(11)16/h4-7H,1-3H3,(H,22,23)(H,24,25). The van der Waals surface area contributed by atoms with Gasteiger partial charge in [0.15, 0.2) is 0 Å². The Morgan fingerprint density at radius 3 is 2.48 bits per heavy atom. The van der Waals surface area contributed by atoms with E-state index in [9.17, 15) is 8.78 Å². The first-order valence-corrected chi connectivity index (χ1v) is 7.79. The summed E-state index contributed by atoms with van der Waals surface area (Å²) in [5.74, 6) is -1.28. The topological polar surface area (TPSA) is 66.0 Å². The van der Waals surface area contributed by atoms with Crippen molar-refractivity contribution >= 4 is 17.2 Å². The van der Waals surface area contributed by atoms with E-state index < -0.39 is 11.6 Å². The van der Waals surface area contributed by atoms with E-state index in [1.165, 1.54) is 18.2 Å². The maximum atomic E-state index is 14.3. The van der Waals surface area contributed by atoms with Gasteiger partial charge in [0.2, 0.25) is 0 Å². The van der Waals surface area contributed by atoms with Gasteiger partial charge in [0.05, 0.1) is 28.3 Å². The monoisotopic (exact) mass is 339 g/mol. The molecule has 25 heavy (non-hydrogen) atoms. The molecule has 1 aromatic carbocycles. The minimum absolute atomic E-state index is 0.0915. The van der Waals surface area contributed by atoms with E-state index in [2.05, 4.69) is 25.5 Å². The van der Waals surface area contributed by atoms with Gasteiger partial charge in [0, 0.05) is 11.3 Å². The van der Waals surface area contributed by atoms with Crippen molar-refractivity contribution in [3.63, 3.8) is 0 Å². The molecule has 0 aliphatic carbocycles. The molecule has 4 rings (SSSR count). The number of aromatic amines is 1. The number of halogens is 2. The van der Waals surface area contributed by atoms with Gasteiger partial charge in [-0.05, 0) is 39.0 Å². The van der Waals surface area contributed by atoms with E-state index >= 15 is 0 Å². The molecule has 2 N–H and O–H groups in total. The Bertz CT molecular complexity index is 1020. The zero-order valence-electron chi connectivity index (χ0n) is 13.9. The third kappa shape index (κ3) is 2.39. The van der Waals surface area contributed by atoms with Crippen LogP contribution in [0.2, 0.25) is 0 Å². The number of rotatable bonds is 1. The van der Waals surface area contributed by atoms with Crippen molar-refractivity contribution in [3.8, 4) is 11.3 Å². The van der Waals surface area contributed by atoms with Crippen LogP contribution in [-0.4, -0.2) is 21.0 Å². The van der Waals surface area contributed by atoms with Crippen LogP contribution in [0.4, 0.5) is 20.2 Å². The van der Waals surface area contributed by atoms with Gasteiger partial charge < -0.3 is 5.32 Å². The summed E-state index contributed by atoms with van der Waals surface area (Å²) in [6.07, 6.45) is 0. The number of aromatic nitrogens is 3. The van der Waals surface area contributed by atoms with Crippen LogP contribution in [0.1, 0.15) is 22.6 Å². The minimum atomic E-state index is -0.685.